The SMILES string of the molecule is COc1ccc(OC)c(CN(C)CC(C)=O)c1. The molecule has 4 heteroatoms. The smallest absolute Gasteiger partial charge is 0.143 e. The molecule has 0 atom stereocenters. The van der Waals surface area contributed by atoms with Gasteiger partial charge in [0.2, 0.25) is 0 Å². The summed E-state index contributed by atoms with van der Waals surface area (Å²) < 4.78 is 10.5. The fourth-order valence-corrected chi connectivity index (χ4v) is 1.73. The fraction of sp³-hybridized carbons (Fsp3) is 0.462. The molecule has 0 heterocycles. The van der Waals surface area contributed by atoms with Gasteiger partial charge in [0.15, 0.2) is 0 Å². The number of methoxy groups -OCH3 is 2. The van der Waals surface area contributed by atoms with Crippen LogP contribution in [-0.2, 0) is 11.3 Å². The second kappa shape index (κ2) is 6.25. The van der Waals surface area contributed by atoms with Gasteiger partial charge in [-0.25, -0.2) is 0 Å². The second-order valence-corrected chi connectivity index (χ2v) is 4.05. The maximum atomic E-state index is 11.0. The number of nitrogens with zero attached hydrogens (tertiary/aromatic N) is 1. The van der Waals surface area contributed by atoms with E-state index in [-0.39, 0.29) is 5.78 Å². The van der Waals surface area contributed by atoms with Crippen molar-refractivity contribution in [2.24, 2.45) is 0 Å². The first-order chi connectivity index (χ1) is 8.06. The molecule has 1 rings (SSSR count). The van der Waals surface area contributed by atoms with E-state index >= 15 is 0 Å². The molecule has 0 aliphatic heterocycles. The van der Waals surface area contributed by atoms with Crippen molar-refractivity contribution < 1.29 is 14.3 Å². The molecule has 1 aromatic rings. The van der Waals surface area contributed by atoms with E-state index in [1.807, 2.05) is 30.1 Å². The number of carbonyl (C=O) groups is 1. The molecule has 0 aliphatic carbocycles. The Balaban J connectivity index is 2.83. The van der Waals surface area contributed by atoms with E-state index in [1.54, 1.807) is 21.1 Å². The summed E-state index contributed by atoms with van der Waals surface area (Å²) >= 11 is 0. The van der Waals surface area contributed by atoms with Crippen LogP contribution in [0.15, 0.2) is 18.2 Å². The maximum absolute atomic E-state index is 11.0. The zero-order chi connectivity index (χ0) is 12.8. The number of Topliss-reactive ketones (excluding diaryl/α,β-unsaturated/α-hetero) is 1. The Hall–Kier alpha value is -1.55. The standard InChI is InChI=1S/C13H19NO3/c1-10(15)8-14(2)9-11-7-12(16-3)5-6-13(11)17-4/h5-7H,8-9H2,1-4H3. The number of carbonyl (C=O) groups excluding carboxylic acids is 1. The number of ketones is 1. The first-order valence-corrected chi connectivity index (χ1v) is 5.45. The lowest BCUT2D eigenvalue weighted by Gasteiger charge is -2.17. The molecule has 0 fully saturated rings. The minimum Gasteiger partial charge on any atom is -0.497 e. The third-order valence-electron chi connectivity index (χ3n) is 2.42. The molecule has 0 N–H and O–H groups in total. The molecule has 0 bridgehead atoms. The summed E-state index contributed by atoms with van der Waals surface area (Å²) in [6.45, 7) is 2.67. The van der Waals surface area contributed by atoms with E-state index in [1.165, 1.54) is 0 Å². The van der Waals surface area contributed by atoms with E-state index in [0.29, 0.717) is 13.1 Å². The fourth-order valence-electron chi connectivity index (χ4n) is 1.73. The molecule has 0 saturated carbocycles. The van der Waals surface area contributed by atoms with Gasteiger partial charge in [-0.2, -0.15) is 0 Å². The maximum Gasteiger partial charge on any atom is 0.143 e. The average Bonchev–Trinajstić information content (AvgIpc) is 2.27. The van der Waals surface area contributed by atoms with Crippen LogP contribution in [0.25, 0.3) is 0 Å². The third kappa shape index (κ3) is 4.07. The highest BCUT2D eigenvalue weighted by Gasteiger charge is 2.09. The Morgan fingerprint density at radius 2 is 2.00 bits per heavy atom. The normalized spacial score (nSPS) is 10.4. The topological polar surface area (TPSA) is 38.8 Å². The molecule has 94 valence electrons. The minimum absolute atomic E-state index is 0.148. The van der Waals surface area contributed by atoms with Gasteiger partial charge in [-0.1, -0.05) is 0 Å². The molecule has 0 unspecified atom stereocenters. The first kappa shape index (κ1) is 13.5. The highest BCUT2D eigenvalue weighted by molar-refractivity contribution is 5.77. The Bertz CT molecular complexity index is 390. The number of ether oxygens (including phenoxy) is 2. The van der Waals surface area contributed by atoms with Crippen LogP contribution >= 0.6 is 0 Å². The lowest BCUT2D eigenvalue weighted by molar-refractivity contribution is -0.117. The number of likely N-dealkylation sites (N-methyl/N-ethyl adjacent to an activating group) is 1. The molecule has 0 amide bonds. The lowest BCUT2D eigenvalue weighted by atomic mass is 10.1. The van der Waals surface area contributed by atoms with Gasteiger partial charge in [-0.3, -0.25) is 9.69 Å². The number of rotatable bonds is 6. The van der Waals surface area contributed by atoms with Crippen molar-refractivity contribution in [2.75, 3.05) is 27.8 Å². The van der Waals surface area contributed by atoms with Crippen molar-refractivity contribution in [3.63, 3.8) is 0 Å². The lowest BCUT2D eigenvalue weighted by Crippen LogP contribution is -2.24. The van der Waals surface area contributed by atoms with Gasteiger partial charge >= 0.3 is 0 Å². The predicted octanol–water partition coefficient (Wildman–Crippen LogP) is 1.72. The second-order valence-electron chi connectivity index (χ2n) is 4.05. The van der Waals surface area contributed by atoms with Crippen LogP contribution in [0.1, 0.15) is 12.5 Å². The molecule has 0 aliphatic rings. The van der Waals surface area contributed by atoms with Gasteiger partial charge in [0.25, 0.3) is 0 Å². The van der Waals surface area contributed by atoms with Crippen LogP contribution in [0.4, 0.5) is 0 Å². The van der Waals surface area contributed by atoms with Crippen LogP contribution in [0.3, 0.4) is 0 Å². The summed E-state index contributed by atoms with van der Waals surface area (Å²) in [5.41, 5.74) is 1.01. The van der Waals surface area contributed by atoms with Crippen LogP contribution in [0.5, 0.6) is 11.5 Å². The molecule has 1 aromatic carbocycles. The number of benzene rings is 1. The van der Waals surface area contributed by atoms with Gasteiger partial charge in [0, 0.05) is 12.1 Å². The Labute approximate surface area is 102 Å². The number of hydrogen-bond acceptors (Lipinski definition) is 4. The third-order valence-corrected chi connectivity index (χ3v) is 2.42. The first-order valence-electron chi connectivity index (χ1n) is 5.45. The van der Waals surface area contributed by atoms with Crippen molar-refractivity contribution in [1.82, 2.24) is 4.90 Å². The minimum atomic E-state index is 0.148. The van der Waals surface area contributed by atoms with E-state index in [9.17, 15) is 4.79 Å². The summed E-state index contributed by atoms with van der Waals surface area (Å²) in [6, 6.07) is 5.65. The summed E-state index contributed by atoms with van der Waals surface area (Å²) in [7, 11) is 5.17. The summed E-state index contributed by atoms with van der Waals surface area (Å²) in [5.74, 6) is 1.74. The highest BCUT2D eigenvalue weighted by atomic mass is 16.5. The zero-order valence-corrected chi connectivity index (χ0v) is 10.8. The molecular weight excluding hydrogens is 218 g/mol. The average molecular weight is 237 g/mol. The van der Waals surface area contributed by atoms with E-state index in [4.69, 9.17) is 9.47 Å². The monoisotopic (exact) mass is 237 g/mol. The molecule has 0 spiro atoms. The summed E-state index contributed by atoms with van der Waals surface area (Å²) in [6.07, 6.45) is 0. The van der Waals surface area contributed by atoms with Gasteiger partial charge in [-0.15, -0.1) is 0 Å². The Morgan fingerprint density at radius 3 is 2.53 bits per heavy atom. The molecular formula is C13H19NO3. The Morgan fingerprint density at radius 1 is 1.29 bits per heavy atom. The molecule has 0 radical (unpaired) electrons. The van der Waals surface area contributed by atoms with E-state index in [0.717, 1.165) is 17.1 Å². The van der Waals surface area contributed by atoms with Crippen molar-refractivity contribution in [2.45, 2.75) is 13.5 Å². The molecule has 0 aromatic heterocycles. The van der Waals surface area contributed by atoms with Gasteiger partial charge in [0.1, 0.15) is 17.3 Å². The van der Waals surface area contributed by atoms with Crippen molar-refractivity contribution in [3.05, 3.63) is 23.8 Å². The van der Waals surface area contributed by atoms with Gasteiger partial charge in [-0.05, 0) is 32.2 Å². The van der Waals surface area contributed by atoms with Crippen LogP contribution in [0.2, 0.25) is 0 Å². The van der Waals surface area contributed by atoms with E-state index < -0.39 is 0 Å². The number of hydrogen-bond donors (Lipinski definition) is 0. The van der Waals surface area contributed by atoms with Crippen LogP contribution in [0, 0.1) is 0 Å². The van der Waals surface area contributed by atoms with Crippen molar-refractivity contribution >= 4 is 5.78 Å². The largest absolute Gasteiger partial charge is 0.497 e. The highest BCUT2D eigenvalue weighted by Crippen LogP contribution is 2.24. The van der Waals surface area contributed by atoms with Crippen molar-refractivity contribution in [3.8, 4) is 11.5 Å². The quantitative estimate of drug-likeness (QED) is 0.755. The Kier molecular flexibility index (Phi) is 4.97. The molecule has 0 saturated heterocycles. The predicted molar refractivity (Wildman–Crippen MR) is 66.6 cm³/mol. The van der Waals surface area contributed by atoms with Crippen LogP contribution in [-0.4, -0.2) is 38.5 Å². The van der Waals surface area contributed by atoms with Crippen molar-refractivity contribution in [1.29, 1.82) is 0 Å². The summed E-state index contributed by atoms with van der Waals surface area (Å²) in [4.78, 5) is 13.0. The van der Waals surface area contributed by atoms with Crippen LogP contribution < -0.4 is 9.47 Å². The van der Waals surface area contributed by atoms with Gasteiger partial charge < -0.3 is 9.47 Å². The molecule has 4 nitrogen and oxygen atoms in total. The zero-order valence-electron chi connectivity index (χ0n) is 10.8. The summed E-state index contributed by atoms with van der Waals surface area (Å²) in [5, 5.41) is 0. The molecule has 17 heavy (non-hydrogen) atoms. The van der Waals surface area contributed by atoms with Gasteiger partial charge in [0.05, 0.1) is 20.8 Å². The van der Waals surface area contributed by atoms with E-state index in [2.05, 4.69) is 0 Å².